The molecule has 1 heterocycles. The summed E-state index contributed by atoms with van der Waals surface area (Å²) in [6.07, 6.45) is 0.765. The molecular formula is C14H26N2O3. The van der Waals surface area contributed by atoms with Crippen molar-refractivity contribution in [2.75, 3.05) is 13.7 Å². The van der Waals surface area contributed by atoms with E-state index < -0.39 is 11.6 Å². The third kappa shape index (κ3) is 3.26. The Labute approximate surface area is 115 Å². The Hall–Kier alpha value is -1.10. The van der Waals surface area contributed by atoms with Gasteiger partial charge in [0, 0.05) is 13.7 Å². The van der Waals surface area contributed by atoms with Crippen molar-refractivity contribution in [1.82, 2.24) is 10.2 Å². The smallest absolute Gasteiger partial charge is 0.248 e. The van der Waals surface area contributed by atoms with Crippen molar-refractivity contribution in [1.29, 1.82) is 0 Å². The van der Waals surface area contributed by atoms with E-state index in [9.17, 15) is 9.59 Å². The van der Waals surface area contributed by atoms with Gasteiger partial charge in [0.25, 0.3) is 0 Å². The summed E-state index contributed by atoms with van der Waals surface area (Å²) in [4.78, 5) is 26.5. The quantitative estimate of drug-likeness (QED) is 0.816. The van der Waals surface area contributed by atoms with E-state index in [4.69, 9.17) is 4.74 Å². The maximum absolute atomic E-state index is 12.5. The molecule has 0 aromatic heterocycles. The minimum atomic E-state index is -0.839. The van der Waals surface area contributed by atoms with E-state index in [2.05, 4.69) is 5.32 Å². The Morgan fingerprint density at radius 1 is 1.37 bits per heavy atom. The van der Waals surface area contributed by atoms with Gasteiger partial charge in [-0.3, -0.25) is 9.59 Å². The molecule has 0 spiro atoms. The van der Waals surface area contributed by atoms with Crippen LogP contribution < -0.4 is 5.32 Å². The van der Waals surface area contributed by atoms with E-state index in [0.717, 1.165) is 6.42 Å². The first-order chi connectivity index (χ1) is 8.74. The van der Waals surface area contributed by atoms with Gasteiger partial charge in [0.15, 0.2) is 0 Å². The molecule has 0 radical (unpaired) electrons. The summed E-state index contributed by atoms with van der Waals surface area (Å²) in [5, 5.41) is 2.82. The van der Waals surface area contributed by atoms with Crippen LogP contribution >= 0.6 is 0 Å². The molecule has 1 rings (SSSR count). The molecule has 5 heteroatoms. The van der Waals surface area contributed by atoms with Crippen LogP contribution in [0, 0.1) is 5.92 Å². The first-order valence-electron chi connectivity index (χ1n) is 6.90. The highest BCUT2D eigenvalue weighted by Crippen LogP contribution is 2.24. The van der Waals surface area contributed by atoms with Crippen LogP contribution in [0.2, 0.25) is 0 Å². The molecule has 1 saturated heterocycles. The number of nitrogens with one attached hydrogen (secondary N) is 1. The predicted octanol–water partition coefficient (Wildman–Crippen LogP) is 1.17. The maximum atomic E-state index is 12.5. The fraction of sp³-hybridized carbons (Fsp3) is 0.857. The molecule has 3 atom stereocenters. The molecular weight excluding hydrogens is 244 g/mol. The van der Waals surface area contributed by atoms with Crippen molar-refractivity contribution >= 4 is 11.8 Å². The second-order valence-corrected chi connectivity index (χ2v) is 5.95. The second-order valence-electron chi connectivity index (χ2n) is 5.95. The lowest BCUT2D eigenvalue weighted by molar-refractivity contribution is -0.157. The molecule has 3 unspecified atom stereocenters. The molecule has 19 heavy (non-hydrogen) atoms. The third-order valence-corrected chi connectivity index (χ3v) is 3.87. The number of ether oxygens (including phenoxy) is 1. The zero-order valence-electron chi connectivity index (χ0n) is 12.8. The van der Waals surface area contributed by atoms with E-state index in [1.807, 2.05) is 20.8 Å². The highest BCUT2D eigenvalue weighted by Gasteiger charge is 2.46. The fourth-order valence-electron chi connectivity index (χ4n) is 2.40. The topological polar surface area (TPSA) is 58.6 Å². The standard InChI is InChI=1S/C14H26N2O3/c1-7-9(2)11-12(17)15-14(4,5)13(18)16(11)8-10(3)19-6/h9-11H,7-8H2,1-6H3,(H,15,17). The van der Waals surface area contributed by atoms with E-state index >= 15 is 0 Å². The summed E-state index contributed by atoms with van der Waals surface area (Å²) in [6.45, 7) is 9.86. The number of methoxy groups -OCH3 is 1. The molecule has 1 N–H and O–H groups in total. The fourth-order valence-corrected chi connectivity index (χ4v) is 2.40. The van der Waals surface area contributed by atoms with E-state index in [1.165, 1.54) is 0 Å². The number of hydrogen-bond donors (Lipinski definition) is 1. The first-order valence-corrected chi connectivity index (χ1v) is 6.90. The second kappa shape index (κ2) is 5.90. The Morgan fingerprint density at radius 3 is 2.42 bits per heavy atom. The van der Waals surface area contributed by atoms with Crippen molar-refractivity contribution in [3.8, 4) is 0 Å². The van der Waals surface area contributed by atoms with Crippen LogP contribution in [0.4, 0.5) is 0 Å². The number of rotatable bonds is 5. The van der Waals surface area contributed by atoms with E-state index in [-0.39, 0.29) is 23.8 Å². The van der Waals surface area contributed by atoms with Gasteiger partial charge in [-0.05, 0) is 26.7 Å². The van der Waals surface area contributed by atoms with Crippen molar-refractivity contribution in [2.45, 2.75) is 58.7 Å². The number of nitrogens with zero attached hydrogens (tertiary/aromatic N) is 1. The lowest BCUT2D eigenvalue weighted by Gasteiger charge is -2.45. The number of hydrogen-bond acceptors (Lipinski definition) is 3. The van der Waals surface area contributed by atoms with Gasteiger partial charge in [0.1, 0.15) is 11.6 Å². The molecule has 110 valence electrons. The van der Waals surface area contributed by atoms with Crippen LogP contribution in [-0.4, -0.2) is 48.1 Å². The van der Waals surface area contributed by atoms with Crippen LogP contribution in [0.5, 0.6) is 0 Å². The SMILES string of the molecule is CCC(C)C1C(=O)NC(C)(C)C(=O)N1CC(C)OC. The lowest BCUT2D eigenvalue weighted by Crippen LogP contribution is -2.70. The molecule has 2 amide bonds. The summed E-state index contributed by atoms with van der Waals surface area (Å²) in [5.74, 6) is 0.0210. The van der Waals surface area contributed by atoms with Crippen molar-refractivity contribution < 1.29 is 14.3 Å². The van der Waals surface area contributed by atoms with Gasteiger partial charge >= 0.3 is 0 Å². The molecule has 1 aliphatic rings. The number of carbonyl (C=O) groups excluding carboxylic acids is 2. The van der Waals surface area contributed by atoms with Crippen LogP contribution in [0.25, 0.3) is 0 Å². The average Bonchev–Trinajstić information content (AvgIpc) is 2.34. The first kappa shape index (κ1) is 16.0. The minimum absolute atomic E-state index is 0.0405. The summed E-state index contributed by atoms with van der Waals surface area (Å²) < 4.78 is 5.24. The Morgan fingerprint density at radius 2 is 1.95 bits per heavy atom. The van der Waals surface area contributed by atoms with Gasteiger partial charge in [-0.15, -0.1) is 0 Å². The van der Waals surface area contributed by atoms with Gasteiger partial charge in [-0.1, -0.05) is 20.3 Å². The highest BCUT2D eigenvalue weighted by atomic mass is 16.5. The minimum Gasteiger partial charge on any atom is -0.380 e. The van der Waals surface area contributed by atoms with E-state index in [0.29, 0.717) is 6.54 Å². The van der Waals surface area contributed by atoms with Crippen LogP contribution in [-0.2, 0) is 14.3 Å². The lowest BCUT2D eigenvalue weighted by atomic mass is 9.89. The van der Waals surface area contributed by atoms with Gasteiger partial charge in [-0.2, -0.15) is 0 Å². The summed E-state index contributed by atoms with van der Waals surface area (Å²) >= 11 is 0. The average molecular weight is 270 g/mol. The van der Waals surface area contributed by atoms with Crippen LogP contribution in [0.15, 0.2) is 0 Å². The van der Waals surface area contributed by atoms with Gasteiger partial charge in [0.2, 0.25) is 11.8 Å². The highest BCUT2D eigenvalue weighted by molar-refractivity contribution is 5.99. The van der Waals surface area contributed by atoms with Gasteiger partial charge in [0.05, 0.1) is 6.10 Å². The molecule has 0 aromatic carbocycles. The molecule has 0 aliphatic carbocycles. The molecule has 1 aliphatic heterocycles. The third-order valence-electron chi connectivity index (χ3n) is 3.87. The van der Waals surface area contributed by atoms with Gasteiger partial charge in [-0.25, -0.2) is 0 Å². The predicted molar refractivity (Wildman–Crippen MR) is 73.6 cm³/mol. The Kier molecular flexibility index (Phi) is 4.96. The van der Waals surface area contributed by atoms with Crippen LogP contribution in [0.3, 0.4) is 0 Å². The maximum Gasteiger partial charge on any atom is 0.248 e. The van der Waals surface area contributed by atoms with Crippen LogP contribution in [0.1, 0.15) is 41.0 Å². The summed E-state index contributed by atoms with van der Waals surface area (Å²) in [5.41, 5.74) is -0.839. The number of piperazine rings is 1. The summed E-state index contributed by atoms with van der Waals surface area (Å²) in [7, 11) is 1.61. The molecule has 1 fully saturated rings. The zero-order chi connectivity index (χ0) is 14.8. The molecule has 0 bridgehead atoms. The molecule has 0 saturated carbocycles. The largest absolute Gasteiger partial charge is 0.380 e. The zero-order valence-corrected chi connectivity index (χ0v) is 12.8. The van der Waals surface area contributed by atoms with Crippen molar-refractivity contribution in [3.05, 3.63) is 0 Å². The Bertz CT molecular complexity index is 355. The molecule has 5 nitrogen and oxygen atoms in total. The monoisotopic (exact) mass is 270 g/mol. The van der Waals surface area contributed by atoms with E-state index in [1.54, 1.807) is 25.9 Å². The number of carbonyl (C=O) groups is 2. The van der Waals surface area contributed by atoms with Crippen molar-refractivity contribution in [3.63, 3.8) is 0 Å². The molecule has 0 aromatic rings. The Balaban J connectivity index is 3.05. The van der Waals surface area contributed by atoms with Crippen molar-refractivity contribution in [2.24, 2.45) is 5.92 Å². The number of amides is 2. The normalized spacial score (nSPS) is 26.0. The van der Waals surface area contributed by atoms with Gasteiger partial charge < -0.3 is 15.0 Å². The summed E-state index contributed by atoms with van der Waals surface area (Å²) in [6, 6.07) is -0.400.